The molecule has 1 fully saturated rings. The molecule has 1 unspecified atom stereocenters. The van der Waals surface area contributed by atoms with Crippen molar-refractivity contribution in [2.45, 2.75) is 12.5 Å². The summed E-state index contributed by atoms with van der Waals surface area (Å²) in [6, 6.07) is 9.28. The molecule has 1 saturated heterocycles. The number of carbonyl (C=O) groups is 1. The zero-order valence-electron chi connectivity index (χ0n) is 14.9. The number of ether oxygens (including phenoxy) is 3. The molecule has 26 heavy (non-hydrogen) atoms. The minimum absolute atomic E-state index is 0.0577. The summed E-state index contributed by atoms with van der Waals surface area (Å²) in [4.78, 5) is 14.3. The van der Waals surface area contributed by atoms with Crippen LogP contribution in [0.1, 0.15) is 18.0 Å². The van der Waals surface area contributed by atoms with Gasteiger partial charge in [0.25, 0.3) is 0 Å². The van der Waals surface area contributed by atoms with Crippen molar-refractivity contribution in [1.82, 2.24) is 4.90 Å². The number of carbonyl (C=O) groups excluding carboxylic acids is 1. The molecule has 0 aliphatic carbocycles. The van der Waals surface area contributed by atoms with Gasteiger partial charge in [-0.1, -0.05) is 12.1 Å². The minimum Gasteiger partial charge on any atom is -0.493 e. The van der Waals surface area contributed by atoms with E-state index in [1.54, 1.807) is 29.2 Å². The van der Waals surface area contributed by atoms with Crippen LogP contribution in [0, 0.1) is 5.82 Å². The molecule has 7 heteroatoms. The molecule has 6 nitrogen and oxygen atoms in total. The molecule has 0 bridgehead atoms. The van der Waals surface area contributed by atoms with Gasteiger partial charge in [0, 0.05) is 18.7 Å². The fourth-order valence-electron chi connectivity index (χ4n) is 3.01. The summed E-state index contributed by atoms with van der Waals surface area (Å²) in [5.74, 6) is 1.09. The van der Waals surface area contributed by atoms with Crippen LogP contribution in [0.3, 0.4) is 0 Å². The van der Waals surface area contributed by atoms with Crippen LogP contribution in [-0.2, 0) is 0 Å². The Bertz CT molecular complexity index is 770. The Morgan fingerprint density at radius 2 is 1.69 bits per heavy atom. The van der Waals surface area contributed by atoms with Crippen LogP contribution in [0.4, 0.5) is 14.9 Å². The highest BCUT2D eigenvalue weighted by Gasteiger charge is 2.33. The van der Waals surface area contributed by atoms with Crippen molar-refractivity contribution in [3.8, 4) is 17.2 Å². The largest absolute Gasteiger partial charge is 0.493 e. The van der Waals surface area contributed by atoms with Crippen molar-refractivity contribution in [3.05, 3.63) is 47.8 Å². The second kappa shape index (κ2) is 7.51. The van der Waals surface area contributed by atoms with Crippen molar-refractivity contribution in [2.75, 3.05) is 33.2 Å². The molecule has 0 saturated carbocycles. The monoisotopic (exact) mass is 360 g/mol. The van der Waals surface area contributed by atoms with Gasteiger partial charge in [-0.2, -0.15) is 0 Å². The Morgan fingerprint density at radius 3 is 2.15 bits per heavy atom. The van der Waals surface area contributed by atoms with E-state index < -0.39 is 0 Å². The van der Waals surface area contributed by atoms with Gasteiger partial charge in [-0.05, 0) is 24.1 Å². The first-order valence-corrected chi connectivity index (χ1v) is 8.20. The van der Waals surface area contributed by atoms with E-state index >= 15 is 0 Å². The van der Waals surface area contributed by atoms with E-state index in [1.165, 1.54) is 33.5 Å². The lowest BCUT2D eigenvalue weighted by Crippen LogP contribution is -2.47. The second-order valence-electron chi connectivity index (χ2n) is 5.89. The summed E-state index contributed by atoms with van der Waals surface area (Å²) in [6.07, 6.45) is 0.842. The smallest absolute Gasteiger partial charge is 0.322 e. The molecule has 1 aliphatic rings. The molecule has 1 atom stereocenters. The number of methoxy groups -OCH3 is 3. The standard InChI is InChI=1S/C19H21FN2O4/c1-24-16-10-14(11-17(25-2)18(16)26-3)21-19(23)22-9-8-15(22)12-4-6-13(20)7-5-12/h4-7,10-11,15H,8-9H2,1-3H3,(H,21,23). The first kappa shape index (κ1) is 17.8. The molecule has 138 valence electrons. The van der Waals surface area contributed by atoms with Crippen LogP contribution in [0.5, 0.6) is 17.2 Å². The minimum atomic E-state index is -0.290. The van der Waals surface area contributed by atoms with Gasteiger partial charge in [-0.25, -0.2) is 9.18 Å². The molecule has 0 spiro atoms. The zero-order chi connectivity index (χ0) is 18.7. The molecular weight excluding hydrogens is 339 g/mol. The molecule has 3 rings (SSSR count). The van der Waals surface area contributed by atoms with E-state index in [9.17, 15) is 9.18 Å². The fourth-order valence-corrected chi connectivity index (χ4v) is 3.01. The zero-order valence-corrected chi connectivity index (χ0v) is 14.9. The van der Waals surface area contributed by atoms with Crippen LogP contribution < -0.4 is 19.5 Å². The van der Waals surface area contributed by atoms with Crippen LogP contribution in [0.2, 0.25) is 0 Å². The highest BCUT2D eigenvalue weighted by atomic mass is 19.1. The van der Waals surface area contributed by atoms with Crippen LogP contribution >= 0.6 is 0 Å². The number of benzene rings is 2. The predicted molar refractivity (Wildman–Crippen MR) is 95.6 cm³/mol. The van der Waals surface area contributed by atoms with Gasteiger partial charge in [0.15, 0.2) is 11.5 Å². The molecular formula is C19H21FN2O4. The Hall–Kier alpha value is -2.96. The number of nitrogens with zero attached hydrogens (tertiary/aromatic N) is 1. The Morgan fingerprint density at radius 1 is 1.08 bits per heavy atom. The van der Waals surface area contributed by atoms with Gasteiger partial charge < -0.3 is 24.4 Å². The SMILES string of the molecule is COc1cc(NC(=O)N2CCC2c2ccc(F)cc2)cc(OC)c1OC. The van der Waals surface area contributed by atoms with Crippen LogP contribution in [0.25, 0.3) is 0 Å². The highest BCUT2D eigenvalue weighted by Crippen LogP contribution is 2.40. The Balaban J connectivity index is 1.76. The van der Waals surface area contributed by atoms with Gasteiger partial charge in [0.05, 0.1) is 33.1 Å². The predicted octanol–water partition coefficient (Wildman–Crippen LogP) is 3.83. The maximum Gasteiger partial charge on any atom is 0.322 e. The van der Waals surface area contributed by atoms with Crippen molar-refractivity contribution in [3.63, 3.8) is 0 Å². The number of likely N-dealkylation sites (tertiary alicyclic amines) is 1. The lowest BCUT2D eigenvalue weighted by molar-refractivity contribution is 0.126. The van der Waals surface area contributed by atoms with Gasteiger partial charge >= 0.3 is 6.03 Å². The normalized spacial score (nSPS) is 15.8. The second-order valence-corrected chi connectivity index (χ2v) is 5.89. The molecule has 2 amide bonds. The number of anilines is 1. The molecule has 0 radical (unpaired) electrons. The van der Waals surface area contributed by atoms with Crippen molar-refractivity contribution >= 4 is 11.7 Å². The molecule has 1 heterocycles. The highest BCUT2D eigenvalue weighted by molar-refractivity contribution is 5.91. The lowest BCUT2D eigenvalue weighted by atomic mass is 9.95. The third-order valence-corrected chi connectivity index (χ3v) is 4.45. The molecule has 1 N–H and O–H groups in total. The number of rotatable bonds is 5. The maximum absolute atomic E-state index is 13.1. The number of hydrogen-bond donors (Lipinski definition) is 1. The number of urea groups is 1. The fraction of sp³-hybridized carbons (Fsp3) is 0.316. The Kier molecular flexibility index (Phi) is 5.16. The number of hydrogen-bond acceptors (Lipinski definition) is 4. The third kappa shape index (κ3) is 3.37. The number of halogens is 1. The molecule has 0 aromatic heterocycles. The van der Waals surface area contributed by atoms with E-state index in [4.69, 9.17) is 14.2 Å². The Labute approximate surface area is 151 Å². The maximum atomic E-state index is 13.1. The number of amides is 2. The van der Waals surface area contributed by atoms with Crippen LogP contribution in [0.15, 0.2) is 36.4 Å². The van der Waals surface area contributed by atoms with E-state index in [1.807, 2.05) is 0 Å². The average molecular weight is 360 g/mol. The van der Waals surface area contributed by atoms with Gasteiger partial charge in [-0.15, -0.1) is 0 Å². The van der Waals surface area contributed by atoms with Gasteiger partial charge in [-0.3, -0.25) is 0 Å². The third-order valence-electron chi connectivity index (χ3n) is 4.45. The molecule has 2 aromatic rings. The topological polar surface area (TPSA) is 60.0 Å². The van der Waals surface area contributed by atoms with E-state index in [0.717, 1.165) is 12.0 Å². The summed E-state index contributed by atoms with van der Waals surface area (Å²) in [7, 11) is 4.55. The van der Waals surface area contributed by atoms with Crippen molar-refractivity contribution < 1.29 is 23.4 Å². The van der Waals surface area contributed by atoms with E-state index in [-0.39, 0.29) is 17.9 Å². The average Bonchev–Trinajstić information content (AvgIpc) is 2.61. The molecule has 1 aliphatic heterocycles. The summed E-state index contributed by atoms with van der Waals surface area (Å²) in [6.45, 7) is 0.637. The van der Waals surface area contributed by atoms with Gasteiger partial charge in [0.2, 0.25) is 5.75 Å². The first-order chi connectivity index (χ1) is 12.6. The quantitative estimate of drug-likeness (QED) is 0.880. The van der Waals surface area contributed by atoms with Crippen molar-refractivity contribution in [2.24, 2.45) is 0 Å². The summed E-state index contributed by atoms with van der Waals surface area (Å²) >= 11 is 0. The summed E-state index contributed by atoms with van der Waals surface area (Å²) in [5, 5.41) is 2.85. The van der Waals surface area contributed by atoms with Crippen molar-refractivity contribution in [1.29, 1.82) is 0 Å². The van der Waals surface area contributed by atoms with E-state index in [2.05, 4.69) is 5.32 Å². The first-order valence-electron chi connectivity index (χ1n) is 8.20. The summed E-state index contributed by atoms with van der Waals surface area (Å²) < 4.78 is 29.0. The lowest BCUT2D eigenvalue weighted by Gasteiger charge is -2.41. The number of nitrogens with one attached hydrogen (secondary N) is 1. The summed E-state index contributed by atoms with van der Waals surface area (Å²) in [5.41, 5.74) is 1.45. The van der Waals surface area contributed by atoms with Gasteiger partial charge in [0.1, 0.15) is 5.82 Å². The molecule has 2 aromatic carbocycles. The van der Waals surface area contributed by atoms with E-state index in [0.29, 0.717) is 29.5 Å². The van der Waals surface area contributed by atoms with Crippen LogP contribution in [-0.4, -0.2) is 38.8 Å².